The van der Waals surface area contributed by atoms with Gasteiger partial charge in [-0.1, -0.05) is 12.1 Å². The minimum absolute atomic E-state index is 0.0484. The van der Waals surface area contributed by atoms with Crippen LogP contribution in [0.15, 0.2) is 48.7 Å². The summed E-state index contributed by atoms with van der Waals surface area (Å²) in [7, 11) is 0. The van der Waals surface area contributed by atoms with E-state index in [1.54, 1.807) is 29.3 Å². The van der Waals surface area contributed by atoms with Crippen LogP contribution in [0.25, 0.3) is 0 Å². The lowest BCUT2D eigenvalue weighted by molar-refractivity contribution is 0.0945. The van der Waals surface area contributed by atoms with E-state index in [0.717, 1.165) is 35.1 Å². The maximum atomic E-state index is 14.7. The molecule has 5 rings (SSSR count). The monoisotopic (exact) mass is 454 g/mol. The van der Waals surface area contributed by atoms with Gasteiger partial charge < -0.3 is 5.32 Å². The highest BCUT2D eigenvalue weighted by molar-refractivity contribution is 6.08. The normalized spacial score (nSPS) is 15.0. The number of nitrogens with zero attached hydrogens (tertiary/aromatic N) is 3. The standard InChI is InChI=1S/C27H23FN4O2/c1-16-11-18-8-10-32(25-19(15-29)3-2-9-30-25)27(34)23(18)14-20(16)12-17-4-7-22(24(28)13-17)26(33)31-21-5-6-21/h2-4,7,9,11,13-14,21H,5-6,8,10,12H2,1H3,(H,31,33). The van der Waals surface area contributed by atoms with Gasteiger partial charge in [0.05, 0.1) is 11.1 Å². The summed E-state index contributed by atoms with van der Waals surface area (Å²) in [5.41, 5.74) is 4.58. The van der Waals surface area contributed by atoms with Crippen molar-refractivity contribution in [3.05, 3.63) is 93.4 Å². The average molecular weight is 455 g/mol. The molecule has 34 heavy (non-hydrogen) atoms. The molecule has 170 valence electrons. The number of rotatable bonds is 5. The largest absolute Gasteiger partial charge is 0.349 e. The summed E-state index contributed by atoms with van der Waals surface area (Å²) < 4.78 is 14.7. The van der Waals surface area contributed by atoms with E-state index in [4.69, 9.17) is 0 Å². The van der Waals surface area contributed by atoms with Gasteiger partial charge in [0.2, 0.25) is 0 Å². The summed E-state index contributed by atoms with van der Waals surface area (Å²) in [4.78, 5) is 31.4. The predicted octanol–water partition coefficient (Wildman–Crippen LogP) is 4.09. The molecule has 1 fully saturated rings. The first-order chi connectivity index (χ1) is 16.4. The second-order valence-corrected chi connectivity index (χ2v) is 8.87. The van der Waals surface area contributed by atoms with Gasteiger partial charge in [-0.15, -0.1) is 0 Å². The Morgan fingerprint density at radius 2 is 2.09 bits per heavy atom. The van der Waals surface area contributed by atoms with Crippen molar-refractivity contribution in [2.24, 2.45) is 0 Å². The van der Waals surface area contributed by atoms with E-state index in [1.165, 1.54) is 12.1 Å². The van der Waals surface area contributed by atoms with Crippen LogP contribution in [-0.4, -0.2) is 29.4 Å². The van der Waals surface area contributed by atoms with Crippen LogP contribution in [-0.2, 0) is 12.8 Å². The Labute approximate surface area is 197 Å². The SMILES string of the molecule is Cc1cc2c(cc1Cc1ccc(C(=O)NC3CC3)c(F)c1)C(=O)N(c1ncccc1C#N)CC2. The van der Waals surface area contributed by atoms with Gasteiger partial charge in [0.25, 0.3) is 11.8 Å². The fourth-order valence-electron chi connectivity index (χ4n) is 4.35. The third-order valence-corrected chi connectivity index (χ3v) is 6.39. The lowest BCUT2D eigenvalue weighted by Gasteiger charge is -2.29. The van der Waals surface area contributed by atoms with Crippen LogP contribution >= 0.6 is 0 Å². The number of carbonyl (C=O) groups excluding carboxylic acids is 2. The van der Waals surface area contributed by atoms with E-state index in [1.807, 2.05) is 19.1 Å². The first-order valence-electron chi connectivity index (χ1n) is 11.3. The Morgan fingerprint density at radius 3 is 2.82 bits per heavy atom. The quantitative estimate of drug-likeness (QED) is 0.629. The highest BCUT2D eigenvalue weighted by Crippen LogP contribution is 2.29. The number of carbonyl (C=O) groups is 2. The maximum absolute atomic E-state index is 14.7. The minimum Gasteiger partial charge on any atom is -0.349 e. The van der Waals surface area contributed by atoms with E-state index in [2.05, 4.69) is 16.4 Å². The molecular weight excluding hydrogens is 431 g/mol. The summed E-state index contributed by atoms with van der Waals surface area (Å²) in [6.07, 6.45) is 4.54. The van der Waals surface area contributed by atoms with E-state index >= 15 is 0 Å². The lowest BCUT2D eigenvalue weighted by atomic mass is 9.90. The first-order valence-corrected chi connectivity index (χ1v) is 11.3. The minimum atomic E-state index is -0.548. The zero-order valence-electron chi connectivity index (χ0n) is 18.8. The predicted molar refractivity (Wildman–Crippen MR) is 125 cm³/mol. The molecule has 1 aromatic heterocycles. The number of fused-ring (bicyclic) bond motifs is 1. The lowest BCUT2D eigenvalue weighted by Crippen LogP contribution is -2.38. The van der Waals surface area contributed by atoms with Crippen molar-refractivity contribution in [1.29, 1.82) is 5.26 Å². The first kappa shape index (κ1) is 21.8. The molecule has 0 saturated heterocycles. The smallest absolute Gasteiger partial charge is 0.259 e. The molecule has 1 aliphatic heterocycles. The fourth-order valence-corrected chi connectivity index (χ4v) is 4.35. The zero-order valence-corrected chi connectivity index (χ0v) is 18.8. The van der Waals surface area contributed by atoms with Crippen LogP contribution in [0.3, 0.4) is 0 Å². The number of anilines is 1. The average Bonchev–Trinajstić information content (AvgIpc) is 3.64. The van der Waals surface area contributed by atoms with E-state index in [0.29, 0.717) is 36.3 Å². The van der Waals surface area contributed by atoms with E-state index in [-0.39, 0.29) is 23.4 Å². The molecule has 0 unspecified atom stereocenters. The van der Waals surface area contributed by atoms with Crippen molar-refractivity contribution in [2.75, 3.05) is 11.4 Å². The van der Waals surface area contributed by atoms with Crippen LogP contribution < -0.4 is 10.2 Å². The molecular formula is C27H23FN4O2. The van der Waals surface area contributed by atoms with Gasteiger partial charge in [-0.25, -0.2) is 9.37 Å². The molecule has 1 aliphatic carbocycles. The van der Waals surface area contributed by atoms with Gasteiger partial charge in [0.1, 0.15) is 11.9 Å². The number of pyridine rings is 1. The van der Waals surface area contributed by atoms with Gasteiger partial charge in [-0.3, -0.25) is 14.5 Å². The number of aromatic nitrogens is 1. The number of amides is 2. The molecule has 3 aromatic rings. The van der Waals surface area contributed by atoms with Crippen LogP contribution in [0, 0.1) is 24.1 Å². The fraction of sp³-hybridized carbons (Fsp3) is 0.259. The molecule has 6 nitrogen and oxygen atoms in total. The number of hydrogen-bond donors (Lipinski definition) is 1. The number of aryl methyl sites for hydroxylation is 1. The Morgan fingerprint density at radius 1 is 1.26 bits per heavy atom. The van der Waals surface area contributed by atoms with E-state index < -0.39 is 5.82 Å². The van der Waals surface area contributed by atoms with Crippen molar-refractivity contribution in [1.82, 2.24) is 10.3 Å². The highest BCUT2D eigenvalue weighted by Gasteiger charge is 2.29. The number of halogens is 1. The van der Waals surface area contributed by atoms with Crippen molar-refractivity contribution < 1.29 is 14.0 Å². The third-order valence-electron chi connectivity index (χ3n) is 6.39. The van der Waals surface area contributed by atoms with Crippen LogP contribution in [0.1, 0.15) is 61.4 Å². The van der Waals surface area contributed by atoms with Crippen LogP contribution in [0.2, 0.25) is 0 Å². The topological polar surface area (TPSA) is 86.1 Å². The zero-order chi connectivity index (χ0) is 23.8. The van der Waals surface area contributed by atoms with Crippen molar-refractivity contribution in [2.45, 2.75) is 38.6 Å². The number of nitriles is 1. The summed E-state index contributed by atoms with van der Waals surface area (Å²) in [6, 6.07) is 14.1. The molecule has 7 heteroatoms. The summed E-state index contributed by atoms with van der Waals surface area (Å²) in [5.74, 6) is -0.762. The number of benzene rings is 2. The van der Waals surface area contributed by atoms with Gasteiger partial charge >= 0.3 is 0 Å². The van der Waals surface area contributed by atoms with Gasteiger partial charge in [-0.05, 0) is 85.2 Å². The van der Waals surface area contributed by atoms with Crippen LogP contribution in [0.5, 0.6) is 0 Å². The highest BCUT2D eigenvalue weighted by atomic mass is 19.1. The molecule has 2 aromatic carbocycles. The Balaban J connectivity index is 1.41. The Bertz CT molecular complexity index is 1360. The molecule has 1 N–H and O–H groups in total. The Kier molecular flexibility index (Phi) is 5.58. The Hall–Kier alpha value is -4.05. The number of nitrogens with one attached hydrogen (secondary N) is 1. The van der Waals surface area contributed by atoms with Gasteiger partial charge in [0, 0.05) is 24.3 Å². The molecule has 2 aliphatic rings. The summed E-state index contributed by atoms with van der Waals surface area (Å²) in [5, 5.41) is 12.2. The third kappa shape index (κ3) is 4.15. The summed E-state index contributed by atoms with van der Waals surface area (Å²) in [6.45, 7) is 2.43. The van der Waals surface area contributed by atoms with Crippen molar-refractivity contribution >= 4 is 17.6 Å². The van der Waals surface area contributed by atoms with Crippen molar-refractivity contribution in [3.8, 4) is 6.07 Å². The van der Waals surface area contributed by atoms with Gasteiger partial charge in [0.15, 0.2) is 5.82 Å². The molecule has 0 bridgehead atoms. The second kappa shape index (κ2) is 8.71. The molecule has 0 atom stereocenters. The molecule has 0 spiro atoms. The molecule has 2 amide bonds. The summed E-state index contributed by atoms with van der Waals surface area (Å²) >= 11 is 0. The molecule has 2 heterocycles. The van der Waals surface area contributed by atoms with Crippen LogP contribution in [0.4, 0.5) is 10.2 Å². The van der Waals surface area contributed by atoms with E-state index in [9.17, 15) is 19.2 Å². The molecule has 1 saturated carbocycles. The molecule has 0 radical (unpaired) electrons. The second-order valence-electron chi connectivity index (χ2n) is 8.87. The van der Waals surface area contributed by atoms with Crippen molar-refractivity contribution in [3.63, 3.8) is 0 Å². The number of hydrogen-bond acceptors (Lipinski definition) is 4. The maximum Gasteiger partial charge on any atom is 0.259 e. The van der Waals surface area contributed by atoms with Gasteiger partial charge in [-0.2, -0.15) is 5.26 Å².